The van der Waals surface area contributed by atoms with Gasteiger partial charge in [0.05, 0.1) is 37.0 Å². The second-order valence-corrected chi connectivity index (χ2v) is 7.03. The standard InChI is InChI=1S/C25H25N3O4/c1-4-31-18-12-17(13-19(15-18)32-5-2)25(29)28-22-14-16(10-11-23(22)30-3)24-26-20-8-6-7-9-21(20)27-24/h6-15H,4-5H2,1-3H3,(H,26,27)(H,28,29). The molecule has 0 spiro atoms. The van der Waals surface area contributed by atoms with E-state index in [0.29, 0.717) is 47.5 Å². The molecule has 4 rings (SSSR count). The maximum absolute atomic E-state index is 13.1. The average Bonchev–Trinajstić information content (AvgIpc) is 3.24. The predicted molar refractivity (Wildman–Crippen MR) is 125 cm³/mol. The lowest BCUT2D eigenvalue weighted by Crippen LogP contribution is -2.13. The topological polar surface area (TPSA) is 85.5 Å². The molecule has 0 aliphatic rings. The average molecular weight is 431 g/mol. The first-order chi connectivity index (χ1) is 15.6. The molecule has 3 aromatic carbocycles. The Balaban J connectivity index is 1.66. The third kappa shape index (κ3) is 4.51. The maximum Gasteiger partial charge on any atom is 0.256 e. The van der Waals surface area contributed by atoms with Crippen molar-refractivity contribution in [3.63, 3.8) is 0 Å². The molecule has 0 fully saturated rings. The molecule has 0 saturated heterocycles. The van der Waals surface area contributed by atoms with Gasteiger partial charge in [0.2, 0.25) is 0 Å². The molecular formula is C25H25N3O4. The summed E-state index contributed by atoms with van der Waals surface area (Å²) in [4.78, 5) is 21.0. The van der Waals surface area contributed by atoms with E-state index in [4.69, 9.17) is 14.2 Å². The number of hydrogen-bond acceptors (Lipinski definition) is 5. The second kappa shape index (κ2) is 9.43. The highest BCUT2D eigenvalue weighted by atomic mass is 16.5. The highest BCUT2D eigenvalue weighted by Crippen LogP contribution is 2.31. The molecule has 4 aromatic rings. The zero-order valence-corrected chi connectivity index (χ0v) is 18.3. The zero-order chi connectivity index (χ0) is 22.5. The van der Waals surface area contributed by atoms with Gasteiger partial charge in [0.1, 0.15) is 23.1 Å². The van der Waals surface area contributed by atoms with Crippen molar-refractivity contribution in [2.75, 3.05) is 25.6 Å². The van der Waals surface area contributed by atoms with Crippen molar-refractivity contribution in [1.82, 2.24) is 9.97 Å². The number of rotatable bonds is 8. The first-order valence-corrected chi connectivity index (χ1v) is 10.5. The number of nitrogens with one attached hydrogen (secondary N) is 2. The van der Waals surface area contributed by atoms with Gasteiger partial charge in [0, 0.05) is 17.2 Å². The van der Waals surface area contributed by atoms with Crippen molar-refractivity contribution in [1.29, 1.82) is 0 Å². The van der Waals surface area contributed by atoms with E-state index < -0.39 is 0 Å². The van der Waals surface area contributed by atoms with Gasteiger partial charge in [0.15, 0.2) is 0 Å². The van der Waals surface area contributed by atoms with E-state index in [1.807, 2.05) is 50.2 Å². The van der Waals surface area contributed by atoms with Crippen LogP contribution in [0.2, 0.25) is 0 Å². The summed E-state index contributed by atoms with van der Waals surface area (Å²) in [6, 6.07) is 18.5. The van der Waals surface area contributed by atoms with E-state index in [-0.39, 0.29) is 5.91 Å². The van der Waals surface area contributed by atoms with Gasteiger partial charge in [-0.3, -0.25) is 4.79 Å². The third-order valence-corrected chi connectivity index (χ3v) is 4.87. The number of imidazole rings is 1. The number of fused-ring (bicyclic) bond motifs is 1. The minimum atomic E-state index is -0.299. The molecule has 7 heteroatoms. The molecule has 7 nitrogen and oxygen atoms in total. The van der Waals surface area contributed by atoms with Crippen molar-refractivity contribution in [3.8, 4) is 28.6 Å². The fourth-order valence-electron chi connectivity index (χ4n) is 3.44. The number of benzene rings is 3. The van der Waals surface area contributed by atoms with Crippen LogP contribution in [0.3, 0.4) is 0 Å². The van der Waals surface area contributed by atoms with Crippen LogP contribution in [0.5, 0.6) is 17.2 Å². The molecular weight excluding hydrogens is 406 g/mol. The Hall–Kier alpha value is -4.00. The molecule has 0 aliphatic carbocycles. The number of aromatic amines is 1. The Morgan fingerprint density at radius 1 is 0.969 bits per heavy atom. The van der Waals surface area contributed by atoms with Crippen LogP contribution in [0, 0.1) is 0 Å². The number of hydrogen-bond donors (Lipinski definition) is 2. The SMILES string of the molecule is CCOc1cc(OCC)cc(C(=O)Nc2cc(-c3nc4ccccc4[nH]3)ccc2OC)c1. The van der Waals surface area contributed by atoms with Crippen LogP contribution in [0.4, 0.5) is 5.69 Å². The number of ether oxygens (including phenoxy) is 3. The smallest absolute Gasteiger partial charge is 0.256 e. The van der Waals surface area contributed by atoms with E-state index in [0.717, 1.165) is 16.6 Å². The molecule has 0 saturated carbocycles. The number of amides is 1. The zero-order valence-electron chi connectivity index (χ0n) is 18.3. The number of anilines is 1. The number of para-hydroxylation sites is 2. The number of nitrogens with zero attached hydrogens (tertiary/aromatic N) is 1. The summed E-state index contributed by atoms with van der Waals surface area (Å²) in [7, 11) is 1.56. The molecule has 0 radical (unpaired) electrons. The number of carbonyl (C=O) groups is 1. The lowest BCUT2D eigenvalue weighted by Gasteiger charge is -2.13. The number of H-pyrrole nitrogens is 1. The van der Waals surface area contributed by atoms with Crippen LogP contribution in [-0.4, -0.2) is 36.2 Å². The van der Waals surface area contributed by atoms with Gasteiger partial charge in [0.25, 0.3) is 5.91 Å². The molecule has 32 heavy (non-hydrogen) atoms. The first-order valence-electron chi connectivity index (χ1n) is 10.5. The normalized spacial score (nSPS) is 10.7. The van der Waals surface area contributed by atoms with E-state index in [9.17, 15) is 4.79 Å². The van der Waals surface area contributed by atoms with Gasteiger partial charge in [-0.1, -0.05) is 12.1 Å². The van der Waals surface area contributed by atoms with Gasteiger partial charge >= 0.3 is 0 Å². The molecule has 0 bridgehead atoms. The highest BCUT2D eigenvalue weighted by Gasteiger charge is 2.15. The van der Waals surface area contributed by atoms with Crippen LogP contribution >= 0.6 is 0 Å². The van der Waals surface area contributed by atoms with Crippen LogP contribution < -0.4 is 19.5 Å². The third-order valence-electron chi connectivity index (χ3n) is 4.87. The van der Waals surface area contributed by atoms with Crippen molar-refractivity contribution in [3.05, 3.63) is 66.2 Å². The van der Waals surface area contributed by atoms with Gasteiger partial charge in [-0.05, 0) is 56.3 Å². The van der Waals surface area contributed by atoms with Crippen LogP contribution in [0.1, 0.15) is 24.2 Å². The van der Waals surface area contributed by atoms with E-state index in [2.05, 4.69) is 15.3 Å². The highest BCUT2D eigenvalue weighted by molar-refractivity contribution is 6.06. The summed E-state index contributed by atoms with van der Waals surface area (Å²) < 4.78 is 16.6. The predicted octanol–water partition coefficient (Wildman–Crippen LogP) is 5.29. The molecule has 164 valence electrons. The Kier molecular flexibility index (Phi) is 6.26. The summed E-state index contributed by atoms with van der Waals surface area (Å²) in [5, 5.41) is 2.94. The lowest BCUT2D eigenvalue weighted by atomic mass is 10.1. The lowest BCUT2D eigenvalue weighted by molar-refractivity contribution is 0.102. The Bertz CT molecular complexity index is 1190. The summed E-state index contributed by atoms with van der Waals surface area (Å²) in [6.07, 6.45) is 0. The van der Waals surface area contributed by atoms with E-state index in [1.54, 1.807) is 31.4 Å². The molecule has 0 aliphatic heterocycles. The minimum Gasteiger partial charge on any atom is -0.495 e. The van der Waals surface area contributed by atoms with Gasteiger partial charge in [-0.2, -0.15) is 0 Å². The number of carbonyl (C=O) groups excluding carboxylic acids is 1. The van der Waals surface area contributed by atoms with Crippen molar-refractivity contribution >= 4 is 22.6 Å². The Morgan fingerprint density at radius 2 is 1.69 bits per heavy atom. The quantitative estimate of drug-likeness (QED) is 0.396. The van der Waals surface area contributed by atoms with Crippen molar-refractivity contribution in [2.45, 2.75) is 13.8 Å². The fraction of sp³-hybridized carbons (Fsp3) is 0.200. The molecule has 0 atom stereocenters. The Morgan fingerprint density at radius 3 is 2.34 bits per heavy atom. The largest absolute Gasteiger partial charge is 0.495 e. The molecule has 2 N–H and O–H groups in total. The van der Waals surface area contributed by atoms with Gasteiger partial charge in [-0.25, -0.2) is 4.98 Å². The van der Waals surface area contributed by atoms with E-state index >= 15 is 0 Å². The Labute approximate surface area is 186 Å². The molecule has 1 aromatic heterocycles. The van der Waals surface area contributed by atoms with Crippen LogP contribution in [0.25, 0.3) is 22.4 Å². The van der Waals surface area contributed by atoms with Crippen molar-refractivity contribution < 1.29 is 19.0 Å². The minimum absolute atomic E-state index is 0.299. The van der Waals surface area contributed by atoms with Crippen LogP contribution in [0.15, 0.2) is 60.7 Å². The summed E-state index contributed by atoms with van der Waals surface area (Å²) in [5.74, 6) is 2.11. The summed E-state index contributed by atoms with van der Waals surface area (Å²) in [6.45, 7) is 4.76. The molecule has 1 amide bonds. The summed E-state index contributed by atoms with van der Waals surface area (Å²) in [5.41, 5.74) is 3.61. The van der Waals surface area contributed by atoms with Gasteiger partial charge < -0.3 is 24.5 Å². The fourth-order valence-corrected chi connectivity index (χ4v) is 3.44. The maximum atomic E-state index is 13.1. The molecule has 0 unspecified atom stereocenters. The molecule has 1 heterocycles. The monoisotopic (exact) mass is 431 g/mol. The van der Waals surface area contributed by atoms with Crippen molar-refractivity contribution in [2.24, 2.45) is 0 Å². The van der Waals surface area contributed by atoms with Crippen LogP contribution in [-0.2, 0) is 0 Å². The van der Waals surface area contributed by atoms with Gasteiger partial charge in [-0.15, -0.1) is 0 Å². The second-order valence-electron chi connectivity index (χ2n) is 7.03. The first kappa shape index (κ1) is 21.2. The summed E-state index contributed by atoms with van der Waals surface area (Å²) >= 11 is 0. The number of aromatic nitrogens is 2. The number of methoxy groups -OCH3 is 1. The van der Waals surface area contributed by atoms with E-state index in [1.165, 1.54) is 0 Å².